The van der Waals surface area contributed by atoms with Crippen LogP contribution in [-0.4, -0.2) is 52.1 Å². The van der Waals surface area contributed by atoms with Gasteiger partial charge in [-0.1, -0.05) is 55.2 Å². The summed E-state index contributed by atoms with van der Waals surface area (Å²) in [6.07, 6.45) is 1.46. The Kier molecular flexibility index (Phi) is 9.51. The fourth-order valence-electron chi connectivity index (χ4n) is 4.19. The summed E-state index contributed by atoms with van der Waals surface area (Å²) in [6, 6.07) is 11.0. The smallest absolute Gasteiger partial charge is 0.261 e. The van der Waals surface area contributed by atoms with Gasteiger partial charge < -0.3 is 10.2 Å². The number of benzene rings is 2. The standard InChI is InChI=1S/C27H31Cl2N3O4/c1-4-17(3)30-25(34)23(5-2)32(16-20-21(28)12-8-13-22(20)29)24(33)14-9-15-31-26(35)18-10-6-7-11-19(18)27(31)36/h6-8,10-13,17,23H,4-5,9,14-16H2,1-3H3,(H,30,34)/t17-,23-/m1/s1. The van der Waals surface area contributed by atoms with E-state index in [1.54, 1.807) is 42.5 Å². The van der Waals surface area contributed by atoms with Crippen molar-refractivity contribution >= 4 is 46.8 Å². The minimum absolute atomic E-state index is 0.0405. The van der Waals surface area contributed by atoms with Crippen molar-refractivity contribution < 1.29 is 19.2 Å². The quantitative estimate of drug-likeness (QED) is 0.409. The zero-order valence-electron chi connectivity index (χ0n) is 20.7. The molecule has 2 aromatic carbocycles. The van der Waals surface area contributed by atoms with E-state index in [1.165, 1.54) is 9.80 Å². The molecule has 1 N–H and O–H groups in total. The summed E-state index contributed by atoms with van der Waals surface area (Å²) in [7, 11) is 0. The molecule has 0 unspecified atom stereocenters. The summed E-state index contributed by atoms with van der Waals surface area (Å²) in [5.74, 6) is -1.25. The van der Waals surface area contributed by atoms with Crippen LogP contribution in [0.2, 0.25) is 10.0 Å². The summed E-state index contributed by atoms with van der Waals surface area (Å²) in [5, 5.41) is 3.77. The fraction of sp³-hybridized carbons (Fsp3) is 0.407. The average Bonchev–Trinajstić information content (AvgIpc) is 3.10. The zero-order chi connectivity index (χ0) is 26.4. The zero-order valence-corrected chi connectivity index (χ0v) is 22.2. The van der Waals surface area contributed by atoms with Crippen LogP contribution in [0.15, 0.2) is 42.5 Å². The molecule has 2 atom stereocenters. The number of halogens is 2. The van der Waals surface area contributed by atoms with Gasteiger partial charge in [-0.15, -0.1) is 0 Å². The number of carbonyl (C=O) groups excluding carboxylic acids is 4. The van der Waals surface area contributed by atoms with E-state index in [0.717, 1.165) is 6.42 Å². The van der Waals surface area contributed by atoms with Crippen LogP contribution in [0.4, 0.5) is 0 Å². The number of amides is 4. The molecule has 1 heterocycles. The van der Waals surface area contributed by atoms with Gasteiger partial charge in [-0.25, -0.2) is 0 Å². The number of nitrogens with one attached hydrogen (secondary N) is 1. The summed E-state index contributed by atoms with van der Waals surface area (Å²) in [4.78, 5) is 54.5. The van der Waals surface area contributed by atoms with Crippen LogP contribution >= 0.6 is 23.2 Å². The number of rotatable bonds is 11. The summed E-state index contributed by atoms with van der Waals surface area (Å²) >= 11 is 12.7. The van der Waals surface area contributed by atoms with Gasteiger partial charge in [0.15, 0.2) is 0 Å². The lowest BCUT2D eigenvalue weighted by atomic mass is 10.1. The maximum absolute atomic E-state index is 13.5. The highest BCUT2D eigenvalue weighted by molar-refractivity contribution is 6.36. The first-order valence-corrected chi connectivity index (χ1v) is 12.9. The number of nitrogens with zero attached hydrogens (tertiary/aromatic N) is 2. The van der Waals surface area contributed by atoms with E-state index < -0.39 is 6.04 Å². The molecule has 3 rings (SSSR count). The second kappa shape index (κ2) is 12.4. The van der Waals surface area contributed by atoms with Crippen molar-refractivity contribution in [1.29, 1.82) is 0 Å². The Morgan fingerprint density at radius 3 is 2.06 bits per heavy atom. The third-order valence-electron chi connectivity index (χ3n) is 6.43. The second-order valence-corrected chi connectivity index (χ2v) is 9.69. The summed E-state index contributed by atoms with van der Waals surface area (Å²) in [5.41, 5.74) is 1.30. The maximum Gasteiger partial charge on any atom is 0.261 e. The van der Waals surface area contributed by atoms with Crippen LogP contribution in [0.25, 0.3) is 0 Å². The van der Waals surface area contributed by atoms with Crippen molar-refractivity contribution in [2.75, 3.05) is 6.54 Å². The first-order chi connectivity index (χ1) is 17.2. The van der Waals surface area contributed by atoms with Gasteiger partial charge in [-0.3, -0.25) is 24.1 Å². The van der Waals surface area contributed by atoms with Crippen LogP contribution in [0.1, 0.15) is 72.7 Å². The van der Waals surface area contributed by atoms with E-state index in [9.17, 15) is 19.2 Å². The molecule has 7 nitrogen and oxygen atoms in total. The van der Waals surface area contributed by atoms with E-state index in [2.05, 4.69) is 5.32 Å². The van der Waals surface area contributed by atoms with E-state index >= 15 is 0 Å². The molecule has 2 aromatic rings. The maximum atomic E-state index is 13.5. The molecule has 0 fully saturated rings. The Hall–Kier alpha value is -2.90. The molecule has 36 heavy (non-hydrogen) atoms. The van der Waals surface area contributed by atoms with Gasteiger partial charge in [0.25, 0.3) is 11.8 Å². The number of fused-ring (bicyclic) bond motifs is 1. The molecule has 0 aromatic heterocycles. The van der Waals surface area contributed by atoms with Crippen molar-refractivity contribution in [3.63, 3.8) is 0 Å². The molecule has 1 aliphatic rings. The van der Waals surface area contributed by atoms with Gasteiger partial charge in [0.2, 0.25) is 11.8 Å². The van der Waals surface area contributed by atoms with Crippen molar-refractivity contribution in [1.82, 2.24) is 15.1 Å². The molecular formula is C27H31Cl2N3O4. The van der Waals surface area contributed by atoms with Crippen LogP contribution in [0.3, 0.4) is 0 Å². The molecule has 0 saturated heterocycles. The monoisotopic (exact) mass is 531 g/mol. The highest BCUT2D eigenvalue weighted by atomic mass is 35.5. The second-order valence-electron chi connectivity index (χ2n) is 8.87. The predicted molar refractivity (Wildman–Crippen MR) is 140 cm³/mol. The molecule has 0 spiro atoms. The summed E-state index contributed by atoms with van der Waals surface area (Å²) < 4.78 is 0. The fourth-order valence-corrected chi connectivity index (χ4v) is 4.71. The largest absolute Gasteiger partial charge is 0.352 e. The van der Waals surface area contributed by atoms with Gasteiger partial charge in [0.1, 0.15) is 6.04 Å². The lowest BCUT2D eigenvalue weighted by Gasteiger charge is -2.32. The van der Waals surface area contributed by atoms with Gasteiger partial charge in [0, 0.05) is 41.2 Å². The number of hydrogen-bond acceptors (Lipinski definition) is 4. The average molecular weight is 532 g/mol. The number of imide groups is 1. The first-order valence-electron chi connectivity index (χ1n) is 12.2. The van der Waals surface area contributed by atoms with Crippen molar-refractivity contribution in [2.24, 2.45) is 0 Å². The lowest BCUT2D eigenvalue weighted by molar-refractivity contribution is -0.141. The molecule has 0 radical (unpaired) electrons. The minimum atomic E-state index is -0.724. The van der Waals surface area contributed by atoms with Crippen molar-refractivity contribution in [3.8, 4) is 0 Å². The first kappa shape index (κ1) is 27.7. The lowest BCUT2D eigenvalue weighted by Crippen LogP contribution is -2.50. The van der Waals surface area contributed by atoms with Crippen LogP contribution in [0, 0.1) is 0 Å². The van der Waals surface area contributed by atoms with Crippen molar-refractivity contribution in [3.05, 3.63) is 69.2 Å². The Morgan fingerprint density at radius 2 is 1.53 bits per heavy atom. The highest BCUT2D eigenvalue weighted by Crippen LogP contribution is 2.28. The Labute approximate surface area is 221 Å². The van der Waals surface area contributed by atoms with Gasteiger partial charge in [-0.2, -0.15) is 0 Å². The van der Waals surface area contributed by atoms with Gasteiger partial charge >= 0.3 is 0 Å². The Morgan fingerprint density at radius 1 is 0.944 bits per heavy atom. The predicted octanol–water partition coefficient (Wildman–Crippen LogP) is 5.09. The third kappa shape index (κ3) is 6.08. The van der Waals surface area contributed by atoms with Crippen LogP contribution in [-0.2, 0) is 16.1 Å². The topological polar surface area (TPSA) is 86.8 Å². The molecule has 9 heteroatoms. The van der Waals surface area contributed by atoms with Crippen LogP contribution < -0.4 is 5.32 Å². The van der Waals surface area contributed by atoms with Gasteiger partial charge in [-0.05, 0) is 50.5 Å². The Bertz CT molecular complexity index is 1100. The minimum Gasteiger partial charge on any atom is -0.352 e. The van der Waals surface area contributed by atoms with E-state index in [-0.39, 0.29) is 55.6 Å². The Balaban J connectivity index is 1.76. The number of hydrogen-bond donors (Lipinski definition) is 1. The molecule has 4 amide bonds. The van der Waals surface area contributed by atoms with Gasteiger partial charge in [0.05, 0.1) is 11.1 Å². The van der Waals surface area contributed by atoms with Crippen LogP contribution in [0.5, 0.6) is 0 Å². The molecule has 192 valence electrons. The normalized spacial score (nSPS) is 14.4. The third-order valence-corrected chi connectivity index (χ3v) is 7.14. The van der Waals surface area contributed by atoms with Crippen molar-refractivity contribution in [2.45, 2.75) is 65.1 Å². The van der Waals surface area contributed by atoms with E-state index in [4.69, 9.17) is 23.2 Å². The molecule has 1 aliphatic heterocycles. The summed E-state index contributed by atoms with van der Waals surface area (Å²) in [6.45, 7) is 5.89. The molecule has 0 bridgehead atoms. The number of carbonyl (C=O) groups is 4. The SMILES string of the molecule is CC[C@@H](C)NC(=O)[C@@H](CC)N(Cc1c(Cl)cccc1Cl)C(=O)CCCN1C(=O)c2ccccc2C1=O. The van der Waals surface area contributed by atoms with E-state index in [1.807, 2.05) is 20.8 Å². The van der Waals surface area contributed by atoms with E-state index in [0.29, 0.717) is 33.2 Å². The highest BCUT2D eigenvalue weighted by Gasteiger charge is 2.35. The molecule has 0 saturated carbocycles. The molecule has 0 aliphatic carbocycles. The molecular weight excluding hydrogens is 501 g/mol.